The highest BCUT2D eigenvalue weighted by Crippen LogP contribution is 2.31. The fourth-order valence-electron chi connectivity index (χ4n) is 2.89. The van der Waals surface area contributed by atoms with Gasteiger partial charge in [0.25, 0.3) is 0 Å². The fourth-order valence-corrected chi connectivity index (χ4v) is 3.72. The molecule has 22 heavy (non-hydrogen) atoms. The van der Waals surface area contributed by atoms with Crippen molar-refractivity contribution in [2.45, 2.75) is 43.5 Å². The lowest BCUT2D eigenvalue weighted by atomic mass is 10.2. The largest absolute Gasteiger partial charge is 0.310 e. The number of nitrogens with one attached hydrogen (secondary N) is 1. The summed E-state index contributed by atoms with van der Waals surface area (Å²) in [6.45, 7) is 2.06. The molecular weight excluding hydrogens is 294 g/mol. The Bertz CT molecular complexity index is 647. The second-order valence-electron chi connectivity index (χ2n) is 5.70. The first-order valence-corrected chi connectivity index (χ1v) is 8.74. The summed E-state index contributed by atoms with van der Waals surface area (Å²) in [6, 6.07) is 10.5. The molecule has 2 aromatic rings. The number of nitrogens with zero attached hydrogens (tertiary/aromatic N) is 2. The molecule has 5 heteroatoms. The number of benzene rings is 1. The lowest BCUT2D eigenvalue weighted by Crippen LogP contribution is -2.19. The number of thioether (sulfide) groups is 1. The Hall–Kier alpha value is -1.75. The van der Waals surface area contributed by atoms with E-state index in [9.17, 15) is 4.79 Å². The van der Waals surface area contributed by atoms with Crippen LogP contribution in [-0.4, -0.2) is 21.4 Å². The van der Waals surface area contributed by atoms with Crippen LogP contribution in [-0.2, 0) is 4.79 Å². The molecule has 0 aliphatic heterocycles. The van der Waals surface area contributed by atoms with E-state index in [4.69, 9.17) is 0 Å². The number of hydrogen-bond acceptors (Lipinski definition) is 3. The van der Waals surface area contributed by atoms with Crippen molar-refractivity contribution < 1.29 is 4.79 Å². The van der Waals surface area contributed by atoms with Gasteiger partial charge in [0.15, 0.2) is 0 Å². The highest BCUT2D eigenvalue weighted by Gasteiger charge is 2.20. The molecular formula is C17H21N3OS. The van der Waals surface area contributed by atoms with Crippen LogP contribution >= 0.6 is 11.8 Å². The predicted molar refractivity (Wildman–Crippen MR) is 90.3 cm³/mol. The van der Waals surface area contributed by atoms with E-state index in [1.807, 2.05) is 22.9 Å². The normalized spacial score (nSPS) is 15.1. The standard InChI is InChI=1S/C17H21N3OS/c1-13-6-2-5-9-15(13)22-12-17(21)19-16-10-11-18-20(16)14-7-3-4-8-14/h2,5-6,9-11,14H,3-4,7-8,12H2,1H3,(H,19,21). The summed E-state index contributed by atoms with van der Waals surface area (Å²) < 4.78 is 1.98. The van der Waals surface area contributed by atoms with E-state index < -0.39 is 0 Å². The Morgan fingerprint density at radius 1 is 1.32 bits per heavy atom. The molecule has 0 radical (unpaired) electrons. The second kappa shape index (κ2) is 7.01. The molecule has 0 saturated heterocycles. The maximum atomic E-state index is 12.2. The van der Waals surface area contributed by atoms with Crippen molar-refractivity contribution in [2.24, 2.45) is 0 Å². The van der Waals surface area contributed by atoms with E-state index in [0.29, 0.717) is 11.8 Å². The van der Waals surface area contributed by atoms with Crippen LogP contribution in [0.2, 0.25) is 0 Å². The number of aryl methyl sites for hydroxylation is 1. The van der Waals surface area contributed by atoms with Gasteiger partial charge in [-0.05, 0) is 31.4 Å². The zero-order valence-corrected chi connectivity index (χ0v) is 13.6. The van der Waals surface area contributed by atoms with Crippen molar-refractivity contribution in [3.05, 3.63) is 42.1 Å². The van der Waals surface area contributed by atoms with Crippen LogP contribution in [0, 0.1) is 6.92 Å². The highest BCUT2D eigenvalue weighted by atomic mass is 32.2. The molecule has 1 aliphatic rings. The summed E-state index contributed by atoms with van der Waals surface area (Å²) in [6.07, 6.45) is 6.58. The minimum Gasteiger partial charge on any atom is -0.310 e. The average molecular weight is 315 g/mol. The molecule has 1 saturated carbocycles. The zero-order chi connectivity index (χ0) is 15.4. The van der Waals surface area contributed by atoms with Gasteiger partial charge in [-0.1, -0.05) is 31.0 Å². The summed E-state index contributed by atoms with van der Waals surface area (Å²) in [7, 11) is 0. The number of aromatic nitrogens is 2. The number of hydrogen-bond donors (Lipinski definition) is 1. The van der Waals surface area contributed by atoms with Crippen LogP contribution in [0.4, 0.5) is 5.82 Å². The maximum absolute atomic E-state index is 12.2. The van der Waals surface area contributed by atoms with Crippen molar-refractivity contribution >= 4 is 23.5 Å². The molecule has 1 N–H and O–H groups in total. The van der Waals surface area contributed by atoms with Crippen LogP contribution in [0.3, 0.4) is 0 Å². The molecule has 1 fully saturated rings. The van der Waals surface area contributed by atoms with E-state index in [2.05, 4.69) is 29.5 Å². The van der Waals surface area contributed by atoms with Gasteiger partial charge < -0.3 is 5.32 Å². The smallest absolute Gasteiger partial charge is 0.235 e. The van der Waals surface area contributed by atoms with Crippen LogP contribution in [0.25, 0.3) is 0 Å². The molecule has 116 valence electrons. The molecule has 4 nitrogen and oxygen atoms in total. The van der Waals surface area contributed by atoms with Crippen molar-refractivity contribution in [3.8, 4) is 0 Å². The third kappa shape index (κ3) is 3.53. The Labute approximate surface area is 135 Å². The van der Waals surface area contributed by atoms with E-state index in [1.165, 1.54) is 18.4 Å². The Kier molecular flexibility index (Phi) is 4.83. The van der Waals surface area contributed by atoms with Crippen molar-refractivity contribution in [3.63, 3.8) is 0 Å². The molecule has 0 atom stereocenters. The fraction of sp³-hybridized carbons (Fsp3) is 0.412. The van der Waals surface area contributed by atoms with Crippen molar-refractivity contribution in [2.75, 3.05) is 11.1 Å². The first-order valence-electron chi connectivity index (χ1n) is 7.76. The molecule has 1 amide bonds. The number of amides is 1. The van der Waals surface area contributed by atoms with E-state index in [0.717, 1.165) is 23.6 Å². The Balaban J connectivity index is 1.58. The van der Waals surface area contributed by atoms with E-state index in [-0.39, 0.29) is 5.91 Å². The first-order chi connectivity index (χ1) is 10.7. The molecule has 3 rings (SSSR count). The second-order valence-corrected chi connectivity index (χ2v) is 6.72. The monoisotopic (exact) mass is 315 g/mol. The zero-order valence-electron chi connectivity index (χ0n) is 12.8. The molecule has 1 aromatic heterocycles. The van der Waals surface area contributed by atoms with E-state index >= 15 is 0 Å². The Morgan fingerprint density at radius 2 is 2.09 bits per heavy atom. The van der Waals surface area contributed by atoms with Gasteiger partial charge in [-0.25, -0.2) is 4.68 Å². The highest BCUT2D eigenvalue weighted by molar-refractivity contribution is 8.00. The number of carbonyl (C=O) groups is 1. The summed E-state index contributed by atoms with van der Waals surface area (Å²) >= 11 is 1.57. The summed E-state index contributed by atoms with van der Waals surface area (Å²) in [5, 5.41) is 7.38. The summed E-state index contributed by atoms with van der Waals surface area (Å²) in [5.41, 5.74) is 1.20. The minimum atomic E-state index is 0.0213. The van der Waals surface area contributed by atoms with Crippen molar-refractivity contribution in [1.29, 1.82) is 0 Å². The van der Waals surface area contributed by atoms with Gasteiger partial charge in [0, 0.05) is 11.0 Å². The van der Waals surface area contributed by atoms with Gasteiger partial charge in [0.1, 0.15) is 5.82 Å². The lowest BCUT2D eigenvalue weighted by molar-refractivity contribution is -0.113. The Morgan fingerprint density at radius 3 is 2.86 bits per heavy atom. The topological polar surface area (TPSA) is 46.9 Å². The van der Waals surface area contributed by atoms with Crippen molar-refractivity contribution in [1.82, 2.24) is 9.78 Å². The van der Waals surface area contributed by atoms with Gasteiger partial charge in [-0.2, -0.15) is 5.10 Å². The number of anilines is 1. The molecule has 0 bridgehead atoms. The lowest BCUT2D eigenvalue weighted by Gasteiger charge is -2.14. The third-order valence-corrected chi connectivity index (χ3v) is 5.24. The summed E-state index contributed by atoms with van der Waals surface area (Å²) in [5.74, 6) is 1.26. The SMILES string of the molecule is Cc1ccccc1SCC(=O)Nc1ccnn1C1CCCC1. The third-order valence-electron chi connectivity index (χ3n) is 4.06. The van der Waals surface area contributed by atoms with Crippen LogP contribution < -0.4 is 5.32 Å². The van der Waals surface area contributed by atoms with Gasteiger partial charge in [-0.3, -0.25) is 4.79 Å². The molecule has 0 spiro atoms. The van der Waals surface area contributed by atoms with Gasteiger partial charge in [0.2, 0.25) is 5.91 Å². The van der Waals surface area contributed by atoms with Gasteiger partial charge in [-0.15, -0.1) is 11.8 Å². The van der Waals surface area contributed by atoms with Gasteiger partial charge in [0.05, 0.1) is 18.0 Å². The van der Waals surface area contributed by atoms with Gasteiger partial charge >= 0.3 is 0 Å². The van der Waals surface area contributed by atoms with Crippen LogP contribution in [0.5, 0.6) is 0 Å². The summed E-state index contributed by atoms with van der Waals surface area (Å²) in [4.78, 5) is 13.3. The average Bonchev–Trinajstić information content (AvgIpc) is 3.17. The molecule has 1 aliphatic carbocycles. The van der Waals surface area contributed by atoms with Crippen LogP contribution in [0.1, 0.15) is 37.3 Å². The number of rotatable bonds is 5. The van der Waals surface area contributed by atoms with Crippen LogP contribution in [0.15, 0.2) is 41.4 Å². The predicted octanol–water partition coefficient (Wildman–Crippen LogP) is 4.04. The maximum Gasteiger partial charge on any atom is 0.235 e. The number of carbonyl (C=O) groups excluding carboxylic acids is 1. The minimum absolute atomic E-state index is 0.0213. The molecule has 1 heterocycles. The first kappa shape index (κ1) is 15.2. The molecule has 0 unspecified atom stereocenters. The molecule has 1 aromatic carbocycles. The quantitative estimate of drug-likeness (QED) is 0.847. The van der Waals surface area contributed by atoms with E-state index in [1.54, 1.807) is 18.0 Å².